The smallest absolute Gasteiger partial charge is 0.227 e. The number of hydrogen-bond donors (Lipinski definition) is 1. The van der Waals surface area contributed by atoms with Gasteiger partial charge in [0.05, 0.1) is 12.2 Å². The Morgan fingerprint density at radius 3 is 2.63 bits per heavy atom. The van der Waals surface area contributed by atoms with Gasteiger partial charge in [0.25, 0.3) is 0 Å². The highest BCUT2D eigenvalue weighted by Crippen LogP contribution is 2.24. The van der Waals surface area contributed by atoms with Gasteiger partial charge < -0.3 is 9.84 Å². The highest BCUT2D eigenvalue weighted by molar-refractivity contribution is 5.90. The van der Waals surface area contributed by atoms with Crippen LogP contribution in [-0.4, -0.2) is 30.8 Å². The number of amides is 1. The Balaban J connectivity index is 1.31. The van der Waals surface area contributed by atoms with E-state index in [9.17, 15) is 4.79 Å². The molecule has 2 aromatic carbocycles. The van der Waals surface area contributed by atoms with E-state index in [1.54, 1.807) is 12.3 Å². The zero-order chi connectivity index (χ0) is 24.0. The summed E-state index contributed by atoms with van der Waals surface area (Å²) in [6.07, 6.45) is 2.19. The normalized spacial score (nSPS) is 10.9. The summed E-state index contributed by atoms with van der Waals surface area (Å²) in [5, 5.41) is 11.7. The first-order chi connectivity index (χ1) is 17.1. The molecule has 5 aromatic rings. The van der Waals surface area contributed by atoms with Gasteiger partial charge >= 0.3 is 0 Å². The number of nitrogens with zero attached hydrogens (tertiary/aromatic N) is 5. The molecule has 35 heavy (non-hydrogen) atoms. The number of rotatable bonds is 8. The van der Waals surface area contributed by atoms with Gasteiger partial charge in [-0.05, 0) is 30.7 Å². The van der Waals surface area contributed by atoms with E-state index in [-0.39, 0.29) is 12.3 Å². The third-order valence-corrected chi connectivity index (χ3v) is 5.46. The summed E-state index contributed by atoms with van der Waals surface area (Å²) in [7, 11) is 0. The summed E-state index contributed by atoms with van der Waals surface area (Å²) in [5.74, 6) is 1.27. The van der Waals surface area contributed by atoms with E-state index in [0.717, 1.165) is 22.4 Å². The fourth-order valence-electron chi connectivity index (χ4n) is 3.72. The molecule has 3 heterocycles. The van der Waals surface area contributed by atoms with Crippen LogP contribution >= 0.6 is 0 Å². The molecule has 5 rings (SSSR count). The highest BCUT2D eigenvalue weighted by atomic mass is 16.5. The Morgan fingerprint density at radius 1 is 0.971 bits per heavy atom. The van der Waals surface area contributed by atoms with Crippen molar-refractivity contribution in [2.45, 2.75) is 26.3 Å². The SMILES string of the molecule is Cc1cccc(-c2cc(NC(=O)CCc3nc(-c4ccccn4)no3)n(Cc3ccccc3)n2)c1. The van der Waals surface area contributed by atoms with Gasteiger partial charge in [-0.3, -0.25) is 9.78 Å². The van der Waals surface area contributed by atoms with Crippen molar-refractivity contribution in [3.8, 4) is 22.8 Å². The van der Waals surface area contributed by atoms with Gasteiger partial charge in [-0.2, -0.15) is 10.1 Å². The Morgan fingerprint density at radius 2 is 1.83 bits per heavy atom. The molecule has 174 valence electrons. The molecule has 0 bridgehead atoms. The second kappa shape index (κ2) is 10.1. The predicted octanol–water partition coefficient (Wildman–Crippen LogP) is 4.92. The van der Waals surface area contributed by atoms with Gasteiger partial charge in [0.15, 0.2) is 0 Å². The first-order valence-electron chi connectivity index (χ1n) is 11.4. The van der Waals surface area contributed by atoms with E-state index in [1.807, 2.05) is 78.3 Å². The lowest BCUT2D eigenvalue weighted by molar-refractivity contribution is -0.116. The lowest BCUT2D eigenvalue weighted by atomic mass is 10.1. The monoisotopic (exact) mass is 464 g/mol. The van der Waals surface area contributed by atoms with Crippen LogP contribution in [-0.2, 0) is 17.8 Å². The number of carbonyl (C=O) groups excluding carboxylic acids is 1. The number of nitrogens with one attached hydrogen (secondary N) is 1. The van der Waals surface area contributed by atoms with Crippen molar-refractivity contribution in [1.82, 2.24) is 24.9 Å². The molecule has 0 spiro atoms. The van der Waals surface area contributed by atoms with Gasteiger partial charge in [-0.15, -0.1) is 0 Å². The minimum Gasteiger partial charge on any atom is -0.339 e. The number of anilines is 1. The van der Waals surface area contributed by atoms with Crippen LogP contribution in [0, 0.1) is 6.92 Å². The number of carbonyl (C=O) groups is 1. The summed E-state index contributed by atoms with van der Waals surface area (Å²) in [6, 6.07) is 25.6. The summed E-state index contributed by atoms with van der Waals surface area (Å²) in [5.41, 5.74) is 4.67. The molecule has 8 nitrogen and oxygen atoms in total. The third-order valence-electron chi connectivity index (χ3n) is 5.46. The molecular formula is C27H24N6O2. The van der Waals surface area contributed by atoms with Gasteiger partial charge in [-0.25, -0.2) is 4.68 Å². The first kappa shape index (κ1) is 22.2. The quantitative estimate of drug-likeness (QED) is 0.350. The van der Waals surface area contributed by atoms with Gasteiger partial charge in [0.1, 0.15) is 11.5 Å². The van der Waals surface area contributed by atoms with E-state index in [0.29, 0.717) is 36.2 Å². The topological polar surface area (TPSA) is 98.7 Å². The van der Waals surface area contributed by atoms with Crippen LogP contribution in [0.25, 0.3) is 22.8 Å². The maximum Gasteiger partial charge on any atom is 0.227 e. The van der Waals surface area contributed by atoms with Crippen molar-refractivity contribution in [2.75, 3.05) is 5.32 Å². The Bertz CT molecular complexity index is 1430. The summed E-state index contributed by atoms with van der Waals surface area (Å²) in [6.45, 7) is 2.59. The Hall–Kier alpha value is -4.59. The third kappa shape index (κ3) is 5.50. The van der Waals surface area contributed by atoms with Crippen molar-refractivity contribution < 1.29 is 9.32 Å². The van der Waals surface area contributed by atoms with Crippen LogP contribution in [0.1, 0.15) is 23.4 Å². The number of hydrogen-bond acceptors (Lipinski definition) is 6. The first-order valence-corrected chi connectivity index (χ1v) is 11.4. The zero-order valence-electron chi connectivity index (χ0n) is 19.3. The van der Waals surface area contributed by atoms with E-state index >= 15 is 0 Å². The van der Waals surface area contributed by atoms with Crippen LogP contribution in [0.15, 0.2) is 89.6 Å². The molecule has 0 saturated heterocycles. The largest absolute Gasteiger partial charge is 0.339 e. The van der Waals surface area contributed by atoms with Crippen molar-refractivity contribution in [2.24, 2.45) is 0 Å². The Labute approximate surface area is 202 Å². The molecule has 0 unspecified atom stereocenters. The van der Waals surface area contributed by atoms with Crippen molar-refractivity contribution in [3.63, 3.8) is 0 Å². The highest BCUT2D eigenvalue weighted by Gasteiger charge is 2.15. The van der Waals surface area contributed by atoms with Crippen LogP contribution < -0.4 is 5.32 Å². The molecule has 0 radical (unpaired) electrons. The van der Waals surface area contributed by atoms with Gasteiger partial charge in [0, 0.05) is 30.7 Å². The fourth-order valence-corrected chi connectivity index (χ4v) is 3.72. The van der Waals surface area contributed by atoms with Crippen molar-refractivity contribution >= 4 is 11.7 Å². The minimum absolute atomic E-state index is 0.160. The summed E-state index contributed by atoms with van der Waals surface area (Å²) >= 11 is 0. The predicted molar refractivity (Wildman–Crippen MR) is 132 cm³/mol. The molecule has 0 aliphatic carbocycles. The molecule has 0 aliphatic rings. The fraction of sp³-hybridized carbons (Fsp3) is 0.148. The molecule has 0 saturated carbocycles. The van der Waals surface area contributed by atoms with Crippen LogP contribution in [0.5, 0.6) is 0 Å². The van der Waals surface area contributed by atoms with E-state index in [4.69, 9.17) is 9.62 Å². The van der Waals surface area contributed by atoms with Gasteiger partial charge in [0.2, 0.25) is 17.6 Å². The molecule has 1 N–H and O–H groups in total. The second-order valence-corrected chi connectivity index (χ2v) is 8.20. The average Bonchev–Trinajstić information content (AvgIpc) is 3.52. The average molecular weight is 465 g/mol. The lowest BCUT2D eigenvalue weighted by Gasteiger charge is -2.08. The maximum absolute atomic E-state index is 12.8. The van der Waals surface area contributed by atoms with E-state index in [1.165, 1.54) is 0 Å². The molecule has 1 amide bonds. The standard InChI is InChI=1S/C27H24N6O2/c1-19-8-7-11-21(16-19)23-17-24(33(31-23)18-20-9-3-2-4-10-20)29-25(34)13-14-26-30-27(32-35-26)22-12-5-6-15-28-22/h2-12,15-17H,13-14,18H2,1H3,(H,29,34). The van der Waals surface area contributed by atoms with Gasteiger partial charge in [-0.1, -0.05) is 65.3 Å². The molecule has 3 aromatic heterocycles. The second-order valence-electron chi connectivity index (χ2n) is 8.20. The number of pyridine rings is 1. The number of aromatic nitrogens is 5. The van der Waals surface area contributed by atoms with Crippen LogP contribution in [0.4, 0.5) is 5.82 Å². The van der Waals surface area contributed by atoms with Crippen molar-refractivity contribution in [3.05, 3.63) is 102 Å². The molecule has 0 fully saturated rings. The molecule has 0 atom stereocenters. The van der Waals surface area contributed by atoms with Crippen LogP contribution in [0.2, 0.25) is 0 Å². The summed E-state index contributed by atoms with van der Waals surface area (Å²) < 4.78 is 7.11. The summed E-state index contributed by atoms with van der Waals surface area (Å²) in [4.78, 5) is 21.4. The van der Waals surface area contributed by atoms with E-state index in [2.05, 4.69) is 26.5 Å². The van der Waals surface area contributed by atoms with Crippen molar-refractivity contribution in [1.29, 1.82) is 0 Å². The molecule has 0 aliphatic heterocycles. The number of benzene rings is 2. The lowest BCUT2D eigenvalue weighted by Crippen LogP contribution is -2.16. The maximum atomic E-state index is 12.8. The molecular weight excluding hydrogens is 440 g/mol. The number of aryl methyl sites for hydroxylation is 2. The molecule has 8 heteroatoms. The minimum atomic E-state index is -0.160. The van der Waals surface area contributed by atoms with Crippen LogP contribution in [0.3, 0.4) is 0 Å². The van der Waals surface area contributed by atoms with E-state index < -0.39 is 0 Å². The Kier molecular flexibility index (Phi) is 6.43. The zero-order valence-corrected chi connectivity index (χ0v) is 19.3.